The minimum absolute atomic E-state index is 0.0362. The smallest absolute Gasteiger partial charge is 0.148 e. The van der Waals surface area contributed by atoms with Crippen molar-refractivity contribution in [2.45, 2.75) is 6.10 Å². The van der Waals surface area contributed by atoms with E-state index in [0.29, 0.717) is 15.8 Å². The third-order valence-corrected chi connectivity index (χ3v) is 2.23. The molecule has 74 valence electrons. The van der Waals surface area contributed by atoms with Gasteiger partial charge in [-0.05, 0) is 12.1 Å². The highest BCUT2D eigenvalue weighted by atomic mass is 35.5. The molecule has 0 bridgehead atoms. The standard InChI is InChI=1S/C10H8Cl2O2/c1-2-7(13)6-14-8-3-4-9(11)10(12)5-8/h1,3-5,7,13H,6H2. The van der Waals surface area contributed by atoms with E-state index in [9.17, 15) is 0 Å². The predicted molar refractivity (Wildman–Crippen MR) is 56.8 cm³/mol. The molecular formula is C10H8Cl2O2. The van der Waals surface area contributed by atoms with Crippen molar-refractivity contribution in [3.05, 3.63) is 28.2 Å². The van der Waals surface area contributed by atoms with Crippen LogP contribution in [0.5, 0.6) is 5.75 Å². The normalized spacial score (nSPS) is 11.9. The van der Waals surface area contributed by atoms with E-state index in [1.54, 1.807) is 18.2 Å². The second-order valence-electron chi connectivity index (χ2n) is 2.57. The molecule has 0 heterocycles. The number of halogens is 2. The summed E-state index contributed by atoms with van der Waals surface area (Å²) >= 11 is 11.4. The summed E-state index contributed by atoms with van der Waals surface area (Å²) in [6.45, 7) is 0.0362. The van der Waals surface area contributed by atoms with E-state index in [4.69, 9.17) is 39.5 Å². The quantitative estimate of drug-likeness (QED) is 0.809. The maximum Gasteiger partial charge on any atom is 0.148 e. The van der Waals surface area contributed by atoms with E-state index in [1.807, 2.05) is 0 Å². The Hall–Kier alpha value is -0.880. The van der Waals surface area contributed by atoms with E-state index >= 15 is 0 Å². The molecule has 0 aliphatic heterocycles. The lowest BCUT2D eigenvalue weighted by atomic mass is 10.3. The van der Waals surface area contributed by atoms with Crippen LogP contribution in [-0.2, 0) is 0 Å². The molecule has 0 aromatic heterocycles. The minimum atomic E-state index is -0.913. The number of hydrogen-bond acceptors (Lipinski definition) is 2. The van der Waals surface area contributed by atoms with Crippen LogP contribution in [0.1, 0.15) is 0 Å². The molecule has 1 aromatic rings. The Kier molecular flexibility index (Phi) is 4.09. The van der Waals surface area contributed by atoms with Crippen LogP contribution in [0, 0.1) is 12.3 Å². The Balaban J connectivity index is 2.61. The second kappa shape index (κ2) is 5.11. The van der Waals surface area contributed by atoms with Crippen LogP contribution in [0.3, 0.4) is 0 Å². The Bertz CT molecular complexity index is 358. The molecule has 2 nitrogen and oxygen atoms in total. The number of terminal acetylenes is 1. The van der Waals surface area contributed by atoms with Crippen LogP contribution in [0.25, 0.3) is 0 Å². The molecule has 0 aliphatic carbocycles. The van der Waals surface area contributed by atoms with E-state index in [2.05, 4.69) is 5.92 Å². The molecule has 1 aromatic carbocycles. The third-order valence-electron chi connectivity index (χ3n) is 1.49. The van der Waals surface area contributed by atoms with Gasteiger partial charge in [-0.15, -0.1) is 6.42 Å². The summed E-state index contributed by atoms with van der Waals surface area (Å²) < 4.78 is 5.16. The highest BCUT2D eigenvalue weighted by molar-refractivity contribution is 6.42. The summed E-state index contributed by atoms with van der Waals surface area (Å²) in [6, 6.07) is 4.83. The molecule has 1 atom stereocenters. The zero-order chi connectivity index (χ0) is 10.6. The summed E-state index contributed by atoms with van der Waals surface area (Å²) in [6.07, 6.45) is 4.05. The molecule has 0 spiro atoms. The lowest BCUT2D eigenvalue weighted by Gasteiger charge is -2.07. The summed E-state index contributed by atoms with van der Waals surface area (Å²) in [7, 11) is 0. The minimum Gasteiger partial charge on any atom is -0.490 e. The average molecular weight is 231 g/mol. The Morgan fingerprint density at radius 3 is 2.71 bits per heavy atom. The van der Waals surface area contributed by atoms with Gasteiger partial charge in [0.1, 0.15) is 18.5 Å². The molecular weight excluding hydrogens is 223 g/mol. The van der Waals surface area contributed by atoms with Crippen molar-refractivity contribution >= 4 is 23.2 Å². The van der Waals surface area contributed by atoms with Gasteiger partial charge in [0.2, 0.25) is 0 Å². The van der Waals surface area contributed by atoms with Gasteiger partial charge in [-0.25, -0.2) is 0 Å². The van der Waals surface area contributed by atoms with Crippen molar-refractivity contribution < 1.29 is 9.84 Å². The molecule has 4 heteroatoms. The molecule has 0 amide bonds. The molecule has 0 fully saturated rings. The molecule has 14 heavy (non-hydrogen) atoms. The van der Waals surface area contributed by atoms with Gasteiger partial charge >= 0.3 is 0 Å². The van der Waals surface area contributed by atoms with E-state index in [1.165, 1.54) is 0 Å². The Morgan fingerprint density at radius 1 is 1.43 bits per heavy atom. The van der Waals surface area contributed by atoms with Gasteiger partial charge in [-0.1, -0.05) is 29.1 Å². The van der Waals surface area contributed by atoms with Crippen LogP contribution in [0.2, 0.25) is 10.0 Å². The van der Waals surface area contributed by atoms with Crippen molar-refractivity contribution in [2.24, 2.45) is 0 Å². The van der Waals surface area contributed by atoms with Crippen LogP contribution in [-0.4, -0.2) is 17.8 Å². The molecule has 1 N–H and O–H groups in total. The SMILES string of the molecule is C#CC(O)COc1ccc(Cl)c(Cl)c1. The molecule has 0 aliphatic rings. The van der Waals surface area contributed by atoms with E-state index in [0.717, 1.165) is 0 Å². The first-order valence-corrected chi connectivity index (χ1v) is 4.61. The van der Waals surface area contributed by atoms with Crippen molar-refractivity contribution in [3.63, 3.8) is 0 Å². The van der Waals surface area contributed by atoms with Crippen LogP contribution in [0.15, 0.2) is 18.2 Å². The summed E-state index contributed by atoms with van der Waals surface area (Å²) in [5, 5.41) is 9.88. The van der Waals surface area contributed by atoms with Crippen molar-refractivity contribution in [2.75, 3.05) is 6.61 Å². The summed E-state index contributed by atoms with van der Waals surface area (Å²) in [5.74, 6) is 2.65. The lowest BCUT2D eigenvalue weighted by Crippen LogP contribution is -2.14. The van der Waals surface area contributed by atoms with Gasteiger partial charge in [0.15, 0.2) is 0 Å². The number of aliphatic hydroxyl groups is 1. The fraction of sp³-hybridized carbons (Fsp3) is 0.200. The Labute approximate surface area is 92.4 Å². The maximum absolute atomic E-state index is 9.02. The van der Waals surface area contributed by atoms with Crippen molar-refractivity contribution in [1.29, 1.82) is 0 Å². The first-order chi connectivity index (χ1) is 6.63. The van der Waals surface area contributed by atoms with Crippen molar-refractivity contribution in [1.82, 2.24) is 0 Å². The zero-order valence-corrected chi connectivity index (χ0v) is 8.72. The molecule has 0 radical (unpaired) electrons. The monoisotopic (exact) mass is 230 g/mol. The van der Waals surface area contributed by atoms with Gasteiger partial charge in [0, 0.05) is 6.07 Å². The average Bonchev–Trinajstić information content (AvgIpc) is 2.19. The topological polar surface area (TPSA) is 29.5 Å². The molecule has 0 saturated heterocycles. The zero-order valence-electron chi connectivity index (χ0n) is 7.21. The van der Waals surface area contributed by atoms with Crippen LogP contribution >= 0.6 is 23.2 Å². The summed E-state index contributed by atoms with van der Waals surface area (Å²) in [5.41, 5.74) is 0. The van der Waals surface area contributed by atoms with Gasteiger partial charge in [-0.3, -0.25) is 0 Å². The molecule has 1 rings (SSSR count). The third kappa shape index (κ3) is 3.12. The molecule has 1 unspecified atom stereocenters. The number of hydrogen-bond donors (Lipinski definition) is 1. The van der Waals surface area contributed by atoms with E-state index in [-0.39, 0.29) is 6.61 Å². The first kappa shape index (κ1) is 11.2. The van der Waals surface area contributed by atoms with Gasteiger partial charge < -0.3 is 9.84 Å². The van der Waals surface area contributed by atoms with Crippen LogP contribution in [0.4, 0.5) is 0 Å². The van der Waals surface area contributed by atoms with Gasteiger partial charge in [0.05, 0.1) is 10.0 Å². The number of rotatable bonds is 3. The van der Waals surface area contributed by atoms with Gasteiger partial charge in [-0.2, -0.15) is 0 Å². The second-order valence-corrected chi connectivity index (χ2v) is 3.38. The van der Waals surface area contributed by atoms with Crippen molar-refractivity contribution in [3.8, 4) is 18.1 Å². The Morgan fingerprint density at radius 2 is 2.14 bits per heavy atom. The first-order valence-electron chi connectivity index (χ1n) is 3.85. The molecule has 0 saturated carbocycles. The largest absolute Gasteiger partial charge is 0.490 e. The fourth-order valence-electron chi connectivity index (χ4n) is 0.790. The number of ether oxygens (including phenoxy) is 1. The van der Waals surface area contributed by atoms with E-state index < -0.39 is 6.10 Å². The fourth-order valence-corrected chi connectivity index (χ4v) is 1.08. The number of benzene rings is 1. The lowest BCUT2D eigenvalue weighted by molar-refractivity contribution is 0.151. The highest BCUT2D eigenvalue weighted by Gasteiger charge is 2.02. The maximum atomic E-state index is 9.02. The van der Waals surface area contributed by atoms with Crippen LogP contribution < -0.4 is 4.74 Å². The predicted octanol–water partition coefficient (Wildman–Crippen LogP) is 2.37. The highest BCUT2D eigenvalue weighted by Crippen LogP contribution is 2.26. The number of aliphatic hydroxyl groups excluding tert-OH is 1. The summed E-state index contributed by atoms with van der Waals surface area (Å²) in [4.78, 5) is 0. The van der Waals surface area contributed by atoms with Gasteiger partial charge in [0.25, 0.3) is 0 Å².